The van der Waals surface area contributed by atoms with Crippen molar-refractivity contribution in [2.75, 3.05) is 11.4 Å². The number of nitriles is 1. The molecular weight excluding hydrogens is 310 g/mol. The number of anilines is 1. The van der Waals surface area contributed by atoms with Gasteiger partial charge in [-0.05, 0) is 38.5 Å². The fourth-order valence-corrected chi connectivity index (χ4v) is 3.23. The van der Waals surface area contributed by atoms with Gasteiger partial charge in [0.05, 0.1) is 22.5 Å². The highest BCUT2D eigenvalue weighted by Crippen LogP contribution is 2.37. The van der Waals surface area contributed by atoms with Gasteiger partial charge in [-0.25, -0.2) is 4.98 Å². The molecule has 0 radical (unpaired) electrons. The van der Waals surface area contributed by atoms with Crippen molar-refractivity contribution in [3.8, 4) is 23.1 Å². The van der Waals surface area contributed by atoms with Crippen molar-refractivity contribution in [3.63, 3.8) is 0 Å². The molecule has 23 heavy (non-hydrogen) atoms. The fraction of sp³-hybridized carbons (Fsp3) is 0.353. The molecular formula is C17H17N3O2S. The number of carbonyl (C=O) groups is 1. The van der Waals surface area contributed by atoms with Crippen LogP contribution >= 0.6 is 11.3 Å². The predicted molar refractivity (Wildman–Crippen MR) is 89.6 cm³/mol. The van der Waals surface area contributed by atoms with E-state index >= 15 is 0 Å². The SMILES string of the molecule is Cc1nc(-c2ccc3c(c2)N(CCCC#N)C(=O)C(C)O3)cs1. The largest absolute Gasteiger partial charge is 0.479 e. The Labute approximate surface area is 139 Å². The lowest BCUT2D eigenvalue weighted by Crippen LogP contribution is -2.44. The zero-order chi connectivity index (χ0) is 16.4. The van der Waals surface area contributed by atoms with Crippen LogP contribution in [0.4, 0.5) is 5.69 Å². The van der Waals surface area contributed by atoms with E-state index in [2.05, 4.69) is 11.1 Å². The first-order valence-corrected chi connectivity index (χ1v) is 8.39. The Morgan fingerprint density at radius 1 is 1.48 bits per heavy atom. The number of nitrogens with zero attached hydrogens (tertiary/aromatic N) is 3. The summed E-state index contributed by atoms with van der Waals surface area (Å²) in [7, 11) is 0. The van der Waals surface area contributed by atoms with Crippen LogP contribution < -0.4 is 9.64 Å². The summed E-state index contributed by atoms with van der Waals surface area (Å²) in [6, 6.07) is 7.91. The lowest BCUT2D eigenvalue weighted by molar-refractivity contribution is -0.125. The second-order valence-corrected chi connectivity index (χ2v) is 6.51. The van der Waals surface area contributed by atoms with Crippen molar-refractivity contribution in [1.82, 2.24) is 4.98 Å². The van der Waals surface area contributed by atoms with Gasteiger partial charge in [0.1, 0.15) is 5.75 Å². The standard InChI is InChI=1S/C17H17N3O2S/c1-11-17(21)20(8-4-3-7-18)15-9-13(5-6-16(15)22-11)14-10-23-12(2)19-14/h5-6,9-11H,3-4,8H2,1-2H3. The van der Waals surface area contributed by atoms with Gasteiger partial charge in [0.25, 0.3) is 5.91 Å². The number of hydrogen-bond donors (Lipinski definition) is 0. The molecule has 1 amide bonds. The van der Waals surface area contributed by atoms with E-state index in [0.717, 1.165) is 22.0 Å². The highest BCUT2D eigenvalue weighted by molar-refractivity contribution is 7.09. The Morgan fingerprint density at radius 3 is 3.00 bits per heavy atom. The van der Waals surface area contributed by atoms with Crippen LogP contribution in [0.15, 0.2) is 23.6 Å². The van der Waals surface area contributed by atoms with Crippen molar-refractivity contribution in [2.45, 2.75) is 32.8 Å². The summed E-state index contributed by atoms with van der Waals surface area (Å²) in [5.74, 6) is 0.631. The normalized spacial score (nSPS) is 16.7. The van der Waals surface area contributed by atoms with Crippen LogP contribution in [0.25, 0.3) is 11.3 Å². The number of rotatable bonds is 4. The van der Waals surface area contributed by atoms with E-state index in [1.54, 1.807) is 23.2 Å². The van der Waals surface area contributed by atoms with E-state index in [4.69, 9.17) is 10.00 Å². The first kappa shape index (κ1) is 15.5. The number of thiazole rings is 1. The van der Waals surface area contributed by atoms with Gasteiger partial charge in [-0.15, -0.1) is 11.3 Å². The molecule has 0 fully saturated rings. The molecule has 2 heterocycles. The summed E-state index contributed by atoms with van der Waals surface area (Å²) in [5, 5.41) is 11.7. The number of unbranched alkanes of at least 4 members (excludes halogenated alkanes) is 1. The van der Waals surface area contributed by atoms with Crippen molar-refractivity contribution in [1.29, 1.82) is 5.26 Å². The van der Waals surface area contributed by atoms with Gasteiger partial charge in [0, 0.05) is 23.9 Å². The Kier molecular flexibility index (Phi) is 4.30. The first-order valence-electron chi connectivity index (χ1n) is 7.51. The number of carbonyl (C=O) groups excluding carboxylic acids is 1. The Hall–Kier alpha value is -2.39. The molecule has 0 saturated heterocycles. The molecule has 0 bridgehead atoms. The molecule has 5 nitrogen and oxygen atoms in total. The Bertz CT molecular complexity index is 778. The second kappa shape index (κ2) is 6.39. The summed E-state index contributed by atoms with van der Waals surface area (Å²) >= 11 is 1.60. The number of aromatic nitrogens is 1. The van der Waals surface area contributed by atoms with Crippen LogP contribution in [0, 0.1) is 18.3 Å². The van der Waals surface area contributed by atoms with E-state index in [1.165, 1.54) is 0 Å². The summed E-state index contributed by atoms with van der Waals surface area (Å²) < 4.78 is 5.70. The topological polar surface area (TPSA) is 66.2 Å². The molecule has 1 atom stereocenters. The van der Waals surface area contributed by atoms with Gasteiger partial charge in [-0.2, -0.15) is 5.26 Å². The van der Waals surface area contributed by atoms with Gasteiger partial charge in [-0.3, -0.25) is 4.79 Å². The molecule has 3 rings (SSSR count). The molecule has 0 spiro atoms. The highest BCUT2D eigenvalue weighted by Gasteiger charge is 2.31. The molecule has 1 unspecified atom stereocenters. The smallest absolute Gasteiger partial charge is 0.267 e. The monoisotopic (exact) mass is 327 g/mol. The molecule has 1 aromatic carbocycles. The second-order valence-electron chi connectivity index (χ2n) is 5.45. The number of amides is 1. The predicted octanol–water partition coefficient (Wildman–Crippen LogP) is 3.54. The van der Waals surface area contributed by atoms with Crippen molar-refractivity contribution < 1.29 is 9.53 Å². The van der Waals surface area contributed by atoms with Crippen molar-refractivity contribution >= 4 is 22.9 Å². The quantitative estimate of drug-likeness (QED) is 0.806. The zero-order valence-electron chi connectivity index (χ0n) is 13.1. The molecule has 6 heteroatoms. The first-order chi connectivity index (χ1) is 11.1. The highest BCUT2D eigenvalue weighted by atomic mass is 32.1. The number of aryl methyl sites for hydroxylation is 1. The van der Waals surface area contributed by atoms with Gasteiger partial charge < -0.3 is 9.64 Å². The van der Waals surface area contributed by atoms with Gasteiger partial charge in [0.15, 0.2) is 6.10 Å². The van der Waals surface area contributed by atoms with Crippen LogP contribution in [0.3, 0.4) is 0 Å². The van der Waals surface area contributed by atoms with Crippen LogP contribution in [0.2, 0.25) is 0 Å². The average Bonchev–Trinajstić information content (AvgIpc) is 2.97. The molecule has 1 aliphatic rings. The van der Waals surface area contributed by atoms with Crippen LogP contribution in [-0.4, -0.2) is 23.5 Å². The van der Waals surface area contributed by atoms with Crippen LogP contribution in [0.5, 0.6) is 5.75 Å². The molecule has 118 valence electrons. The summed E-state index contributed by atoms with van der Waals surface area (Å²) in [6.45, 7) is 4.24. The molecule has 0 saturated carbocycles. The van der Waals surface area contributed by atoms with E-state index in [0.29, 0.717) is 25.1 Å². The summed E-state index contributed by atoms with van der Waals surface area (Å²) in [6.07, 6.45) is 0.574. The zero-order valence-corrected chi connectivity index (χ0v) is 13.9. The maximum atomic E-state index is 12.4. The third kappa shape index (κ3) is 3.06. The van der Waals surface area contributed by atoms with Gasteiger partial charge in [0.2, 0.25) is 0 Å². The third-order valence-electron chi connectivity index (χ3n) is 3.75. The lowest BCUT2D eigenvalue weighted by Gasteiger charge is -2.33. The summed E-state index contributed by atoms with van der Waals surface area (Å²) in [5.41, 5.74) is 2.62. The number of benzene rings is 1. The fourth-order valence-electron chi connectivity index (χ4n) is 2.61. The minimum atomic E-state index is -0.503. The minimum absolute atomic E-state index is 0.0675. The van der Waals surface area contributed by atoms with Crippen LogP contribution in [-0.2, 0) is 4.79 Å². The van der Waals surface area contributed by atoms with E-state index < -0.39 is 6.10 Å². The van der Waals surface area contributed by atoms with E-state index in [1.807, 2.05) is 30.5 Å². The maximum Gasteiger partial charge on any atom is 0.267 e. The molecule has 0 aliphatic carbocycles. The van der Waals surface area contributed by atoms with Gasteiger partial charge in [-0.1, -0.05) is 0 Å². The maximum absolute atomic E-state index is 12.4. The lowest BCUT2D eigenvalue weighted by atomic mass is 10.1. The summed E-state index contributed by atoms with van der Waals surface area (Å²) in [4.78, 5) is 18.7. The molecule has 1 aromatic heterocycles. The average molecular weight is 327 g/mol. The third-order valence-corrected chi connectivity index (χ3v) is 4.53. The Morgan fingerprint density at radius 2 is 2.30 bits per heavy atom. The van der Waals surface area contributed by atoms with Gasteiger partial charge >= 0.3 is 0 Å². The van der Waals surface area contributed by atoms with Crippen LogP contribution in [0.1, 0.15) is 24.8 Å². The number of fused-ring (bicyclic) bond motifs is 1. The minimum Gasteiger partial charge on any atom is -0.479 e. The van der Waals surface area contributed by atoms with Crippen molar-refractivity contribution in [2.24, 2.45) is 0 Å². The molecule has 0 N–H and O–H groups in total. The number of hydrogen-bond acceptors (Lipinski definition) is 5. The van der Waals surface area contributed by atoms with Crippen molar-refractivity contribution in [3.05, 3.63) is 28.6 Å². The van der Waals surface area contributed by atoms with E-state index in [9.17, 15) is 4.79 Å². The molecule has 1 aliphatic heterocycles. The molecule has 2 aromatic rings. The van der Waals surface area contributed by atoms with E-state index in [-0.39, 0.29) is 5.91 Å². The number of ether oxygens (including phenoxy) is 1. The Balaban J connectivity index is 1.97.